The third-order valence-electron chi connectivity index (χ3n) is 5.45. The number of aromatic hydroxyl groups is 1. The Morgan fingerprint density at radius 2 is 1.90 bits per heavy atom. The van der Waals surface area contributed by atoms with Crippen molar-refractivity contribution in [3.05, 3.63) is 38.7 Å². The number of methoxy groups -OCH3 is 1. The Morgan fingerprint density at radius 1 is 1.26 bits per heavy atom. The Labute approximate surface area is 191 Å². The zero-order chi connectivity index (χ0) is 23.6. The number of esters is 1. The van der Waals surface area contributed by atoms with Crippen LogP contribution in [0.15, 0.2) is 27.5 Å². The molecule has 0 spiro atoms. The number of para-hydroxylation sites is 1. The van der Waals surface area contributed by atoms with Crippen LogP contribution in [0.5, 0.6) is 11.5 Å². The summed E-state index contributed by atoms with van der Waals surface area (Å²) in [5, 5.41) is 10.1. The van der Waals surface area contributed by atoms with Crippen LogP contribution in [0.1, 0.15) is 31.3 Å². The lowest BCUT2D eigenvalue weighted by molar-refractivity contribution is 0.0589. The fourth-order valence-electron chi connectivity index (χ4n) is 2.56. The molecule has 0 fully saturated rings. The van der Waals surface area contributed by atoms with E-state index in [1.165, 1.54) is 7.05 Å². The van der Waals surface area contributed by atoms with Crippen LogP contribution in [-0.4, -0.2) is 49.3 Å². The topological polar surface area (TPSA) is 99.9 Å². The molecule has 0 radical (unpaired) electrons. The van der Waals surface area contributed by atoms with Crippen LogP contribution in [0.25, 0.3) is 11.4 Å². The van der Waals surface area contributed by atoms with Gasteiger partial charge in [-0.25, -0.2) is 9.78 Å². The van der Waals surface area contributed by atoms with Crippen LogP contribution in [0.2, 0.25) is 18.1 Å². The monoisotopic (exact) mass is 512 g/mol. The van der Waals surface area contributed by atoms with Crippen molar-refractivity contribution in [3.8, 4) is 22.9 Å². The molecule has 0 atom stereocenters. The first-order valence-electron chi connectivity index (χ1n) is 9.75. The van der Waals surface area contributed by atoms with E-state index >= 15 is 0 Å². The van der Waals surface area contributed by atoms with Gasteiger partial charge in [0.15, 0.2) is 14.0 Å². The van der Waals surface area contributed by atoms with E-state index in [4.69, 9.17) is 9.16 Å². The summed E-state index contributed by atoms with van der Waals surface area (Å²) in [5.74, 6) is -1.06. The Morgan fingerprint density at radius 3 is 2.48 bits per heavy atom. The average Bonchev–Trinajstić information content (AvgIpc) is 2.69. The predicted molar refractivity (Wildman–Crippen MR) is 124 cm³/mol. The molecule has 2 rings (SSSR count). The summed E-state index contributed by atoms with van der Waals surface area (Å²) in [6.07, 6.45) is 0. The summed E-state index contributed by atoms with van der Waals surface area (Å²) in [6.45, 7) is 11.5. The number of ether oxygens (including phenoxy) is 2. The fraction of sp³-hybridized carbons (Fsp3) is 0.476. The molecule has 170 valence electrons. The third kappa shape index (κ3) is 5.36. The molecule has 0 aliphatic heterocycles. The Hall–Kier alpha value is -2.17. The number of halogens is 1. The van der Waals surface area contributed by atoms with Gasteiger partial charge in [0.05, 0.1) is 23.8 Å². The van der Waals surface area contributed by atoms with Gasteiger partial charge in [-0.3, -0.25) is 9.36 Å². The van der Waals surface area contributed by atoms with E-state index in [1.54, 1.807) is 18.2 Å². The van der Waals surface area contributed by atoms with Gasteiger partial charge >= 0.3 is 5.97 Å². The van der Waals surface area contributed by atoms with E-state index in [9.17, 15) is 14.7 Å². The Balaban J connectivity index is 2.39. The lowest BCUT2D eigenvalue weighted by Gasteiger charge is -2.36. The highest BCUT2D eigenvalue weighted by atomic mass is 79.9. The minimum absolute atomic E-state index is 0.0873. The molecule has 8 nitrogen and oxygen atoms in total. The molecule has 1 heterocycles. The molecule has 1 N–H and O–H groups in total. The molecule has 1 aromatic carbocycles. The van der Waals surface area contributed by atoms with Gasteiger partial charge in [0.1, 0.15) is 18.2 Å². The zero-order valence-corrected chi connectivity index (χ0v) is 21.5. The van der Waals surface area contributed by atoms with Crippen molar-refractivity contribution in [1.82, 2.24) is 9.55 Å². The molecular weight excluding hydrogens is 484 g/mol. The molecular formula is C21H29BrN2O6Si. The highest BCUT2D eigenvalue weighted by molar-refractivity contribution is 9.10. The quantitative estimate of drug-likeness (QED) is 0.338. The fourth-order valence-corrected chi connectivity index (χ4v) is 4.07. The number of aromatic nitrogens is 2. The molecule has 0 unspecified atom stereocenters. The molecule has 31 heavy (non-hydrogen) atoms. The summed E-state index contributed by atoms with van der Waals surface area (Å²) in [7, 11) is 0.695. The van der Waals surface area contributed by atoms with Gasteiger partial charge in [-0.1, -0.05) is 26.8 Å². The predicted octanol–water partition coefficient (Wildman–Crippen LogP) is 4.10. The highest BCUT2D eigenvalue weighted by Gasteiger charge is 2.37. The van der Waals surface area contributed by atoms with Crippen molar-refractivity contribution < 1.29 is 23.8 Å². The van der Waals surface area contributed by atoms with E-state index in [2.05, 4.69) is 59.5 Å². The van der Waals surface area contributed by atoms with Crippen molar-refractivity contribution >= 4 is 30.2 Å². The first kappa shape index (κ1) is 25.1. The molecule has 0 amide bonds. The Kier molecular flexibility index (Phi) is 7.72. The lowest BCUT2D eigenvalue weighted by Crippen LogP contribution is -2.41. The van der Waals surface area contributed by atoms with Gasteiger partial charge in [-0.2, -0.15) is 0 Å². The summed E-state index contributed by atoms with van der Waals surface area (Å²) < 4.78 is 18.6. The molecule has 0 aliphatic rings. The number of carbonyl (C=O) groups excluding carboxylic acids is 1. The van der Waals surface area contributed by atoms with Gasteiger partial charge in [0.25, 0.3) is 5.56 Å². The van der Waals surface area contributed by atoms with Gasteiger partial charge in [0, 0.05) is 7.05 Å². The maximum atomic E-state index is 12.5. The van der Waals surface area contributed by atoms with Crippen molar-refractivity contribution in [3.63, 3.8) is 0 Å². The standard InChI is InChI=1S/C21H29BrN2O6Si/c1-21(2,3)31(6,7)30-12-11-29-17-13(9-8-10-14(17)22)18-23-15(20(27)28-5)16(25)19(26)24(18)4/h8-10,25H,11-12H2,1-7H3. The van der Waals surface area contributed by atoms with Crippen molar-refractivity contribution in [2.24, 2.45) is 7.05 Å². The first-order chi connectivity index (χ1) is 14.3. The van der Waals surface area contributed by atoms with Crippen LogP contribution < -0.4 is 10.3 Å². The van der Waals surface area contributed by atoms with E-state index < -0.39 is 31.3 Å². The first-order valence-corrected chi connectivity index (χ1v) is 13.5. The summed E-state index contributed by atoms with van der Waals surface area (Å²) in [6, 6.07) is 5.27. The van der Waals surface area contributed by atoms with E-state index in [0.717, 1.165) is 11.7 Å². The van der Waals surface area contributed by atoms with Gasteiger partial charge < -0.3 is 19.0 Å². The average molecular weight is 513 g/mol. The minimum atomic E-state index is -1.91. The van der Waals surface area contributed by atoms with Gasteiger partial charge in [0.2, 0.25) is 5.75 Å². The van der Waals surface area contributed by atoms with Crippen molar-refractivity contribution in [2.45, 2.75) is 38.9 Å². The maximum Gasteiger partial charge on any atom is 0.360 e. The number of hydrogen-bond donors (Lipinski definition) is 1. The van der Waals surface area contributed by atoms with E-state index in [0.29, 0.717) is 22.4 Å². The Bertz CT molecular complexity index is 1030. The summed E-state index contributed by atoms with van der Waals surface area (Å²) in [4.78, 5) is 28.6. The molecule has 0 bridgehead atoms. The molecule has 0 saturated carbocycles. The summed E-state index contributed by atoms with van der Waals surface area (Å²) in [5.41, 5.74) is -0.739. The van der Waals surface area contributed by atoms with E-state index in [1.807, 2.05) is 0 Å². The molecule has 10 heteroatoms. The largest absolute Gasteiger partial charge is 0.501 e. The third-order valence-corrected chi connectivity index (χ3v) is 10.6. The van der Waals surface area contributed by atoms with Crippen LogP contribution in [0.4, 0.5) is 0 Å². The molecule has 0 aliphatic carbocycles. The maximum absolute atomic E-state index is 12.5. The molecule has 0 saturated heterocycles. The zero-order valence-electron chi connectivity index (χ0n) is 18.9. The smallest absolute Gasteiger partial charge is 0.360 e. The SMILES string of the molecule is COC(=O)c1nc(-c2cccc(Br)c2OCCO[Si](C)(C)C(C)(C)C)n(C)c(=O)c1O. The number of benzene rings is 1. The minimum Gasteiger partial charge on any atom is -0.501 e. The highest BCUT2D eigenvalue weighted by Crippen LogP contribution is 2.37. The number of carbonyl (C=O) groups is 1. The second-order valence-electron chi connectivity index (χ2n) is 8.56. The summed E-state index contributed by atoms with van der Waals surface area (Å²) >= 11 is 3.47. The van der Waals surface area contributed by atoms with Crippen molar-refractivity contribution in [2.75, 3.05) is 20.3 Å². The van der Waals surface area contributed by atoms with Gasteiger partial charge in [-0.05, 0) is 46.2 Å². The molecule has 2 aromatic rings. The normalized spacial score (nSPS) is 12.0. The number of nitrogens with zero attached hydrogens (tertiary/aromatic N) is 2. The molecule has 1 aromatic heterocycles. The van der Waals surface area contributed by atoms with Crippen LogP contribution in [0.3, 0.4) is 0 Å². The number of rotatable bonds is 7. The van der Waals surface area contributed by atoms with Gasteiger partial charge in [-0.15, -0.1) is 0 Å². The van der Waals surface area contributed by atoms with Crippen LogP contribution >= 0.6 is 15.9 Å². The van der Waals surface area contributed by atoms with E-state index in [-0.39, 0.29) is 17.5 Å². The van der Waals surface area contributed by atoms with Crippen LogP contribution in [-0.2, 0) is 16.2 Å². The lowest BCUT2D eigenvalue weighted by atomic mass is 10.1. The number of hydrogen-bond acceptors (Lipinski definition) is 7. The van der Waals surface area contributed by atoms with Crippen molar-refractivity contribution in [1.29, 1.82) is 0 Å². The second kappa shape index (κ2) is 9.54. The van der Waals surface area contributed by atoms with Crippen LogP contribution in [0, 0.1) is 0 Å². The second-order valence-corrected chi connectivity index (χ2v) is 14.2.